The highest BCUT2D eigenvalue weighted by Gasteiger charge is 2.05. The van der Waals surface area contributed by atoms with Crippen molar-refractivity contribution in [1.82, 2.24) is 20.0 Å². The number of nitrogens with two attached hydrogens (primary N) is 1. The summed E-state index contributed by atoms with van der Waals surface area (Å²) in [5.74, 6) is 0. The van der Waals surface area contributed by atoms with Gasteiger partial charge in [-0.25, -0.2) is 4.68 Å². The van der Waals surface area contributed by atoms with Crippen LogP contribution in [0.25, 0.3) is 5.69 Å². The van der Waals surface area contributed by atoms with Crippen molar-refractivity contribution in [3.8, 4) is 5.69 Å². The molecule has 0 aliphatic rings. The Morgan fingerprint density at radius 2 is 1.67 bits per heavy atom. The van der Waals surface area contributed by atoms with Crippen LogP contribution in [-0.4, -0.2) is 26.5 Å². The second kappa shape index (κ2) is 6.28. The van der Waals surface area contributed by atoms with Gasteiger partial charge in [0.15, 0.2) is 0 Å². The van der Waals surface area contributed by atoms with Crippen molar-refractivity contribution in [3.63, 3.8) is 0 Å². The Kier molecular flexibility index (Phi) is 4.02. The van der Waals surface area contributed by atoms with Crippen LogP contribution < -0.4 is 5.73 Å². The van der Waals surface area contributed by atoms with E-state index < -0.39 is 0 Å². The Labute approximate surface area is 123 Å². The molecule has 0 amide bonds. The summed E-state index contributed by atoms with van der Waals surface area (Å²) in [6, 6.07) is 12.4. The predicted molar refractivity (Wildman–Crippen MR) is 81.2 cm³/mol. The Bertz CT molecular complexity index is 688. The van der Waals surface area contributed by atoms with Gasteiger partial charge in [0, 0.05) is 18.8 Å². The SMILES string of the molecule is NCCc1cnnn1-c1ccc(Cc2ccncc2)cc1. The maximum Gasteiger partial charge on any atom is 0.0730 e. The average molecular weight is 279 g/mol. The van der Waals surface area contributed by atoms with Crippen LogP contribution in [-0.2, 0) is 12.8 Å². The molecular formula is C16H17N5. The summed E-state index contributed by atoms with van der Waals surface area (Å²) in [6.45, 7) is 0.591. The van der Waals surface area contributed by atoms with Crippen molar-refractivity contribution in [2.24, 2.45) is 5.73 Å². The maximum atomic E-state index is 5.60. The van der Waals surface area contributed by atoms with Gasteiger partial charge in [-0.3, -0.25) is 4.98 Å². The molecule has 106 valence electrons. The molecule has 0 aliphatic carbocycles. The highest BCUT2D eigenvalue weighted by atomic mass is 15.4. The van der Waals surface area contributed by atoms with Crippen LogP contribution in [0.1, 0.15) is 16.8 Å². The third kappa shape index (κ3) is 3.14. The van der Waals surface area contributed by atoms with Crippen molar-refractivity contribution < 1.29 is 0 Å². The first-order chi connectivity index (χ1) is 10.4. The highest BCUT2D eigenvalue weighted by Crippen LogP contribution is 2.14. The Morgan fingerprint density at radius 3 is 2.38 bits per heavy atom. The van der Waals surface area contributed by atoms with Crippen LogP contribution in [0.3, 0.4) is 0 Å². The average Bonchev–Trinajstić information content (AvgIpc) is 2.98. The third-order valence-corrected chi connectivity index (χ3v) is 3.36. The van der Waals surface area contributed by atoms with E-state index in [1.165, 1.54) is 11.1 Å². The number of hydrogen-bond donors (Lipinski definition) is 1. The van der Waals surface area contributed by atoms with Gasteiger partial charge in [0.2, 0.25) is 0 Å². The molecule has 0 aliphatic heterocycles. The molecule has 0 spiro atoms. The van der Waals surface area contributed by atoms with Crippen LogP contribution in [0.15, 0.2) is 55.0 Å². The Balaban J connectivity index is 1.79. The maximum absolute atomic E-state index is 5.60. The molecule has 0 saturated heterocycles. The summed E-state index contributed by atoms with van der Waals surface area (Å²) in [6.07, 6.45) is 7.07. The van der Waals surface area contributed by atoms with Crippen LogP contribution in [0.4, 0.5) is 0 Å². The molecule has 5 heteroatoms. The Morgan fingerprint density at radius 1 is 0.952 bits per heavy atom. The number of rotatable bonds is 5. The number of benzene rings is 1. The minimum absolute atomic E-state index is 0.591. The fourth-order valence-corrected chi connectivity index (χ4v) is 2.28. The van der Waals surface area contributed by atoms with Crippen molar-refractivity contribution in [2.75, 3.05) is 6.54 Å². The molecule has 3 aromatic rings. The molecule has 21 heavy (non-hydrogen) atoms. The summed E-state index contributed by atoms with van der Waals surface area (Å²) < 4.78 is 1.84. The minimum Gasteiger partial charge on any atom is -0.330 e. The molecule has 0 radical (unpaired) electrons. The first kappa shape index (κ1) is 13.5. The van der Waals surface area contributed by atoms with E-state index in [1.807, 2.05) is 29.2 Å². The van der Waals surface area contributed by atoms with Gasteiger partial charge in [-0.05, 0) is 48.4 Å². The van der Waals surface area contributed by atoms with Gasteiger partial charge in [0.05, 0.1) is 17.6 Å². The molecule has 2 N–H and O–H groups in total. The van der Waals surface area contributed by atoms with E-state index in [4.69, 9.17) is 5.73 Å². The number of hydrogen-bond acceptors (Lipinski definition) is 4. The monoisotopic (exact) mass is 279 g/mol. The summed E-state index contributed by atoms with van der Waals surface area (Å²) in [7, 11) is 0. The summed E-state index contributed by atoms with van der Waals surface area (Å²) >= 11 is 0. The summed E-state index contributed by atoms with van der Waals surface area (Å²) in [5, 5.41) is 8.08. The molecular weight excluding hydrogens is 262 g/mol. The van der Waals surface area contributed by atoms with Crippen molar-refractivity contribution in [3.05, 3.63) is 71.8 Å². The van der Waals surface area contributed by atoms with Crippen LogP contribution in [0.5, 0.6) is 0 Å². The van der Waals surface area contributed by atoms with Crippen LogP contribution in [0.2, 0.25) is 0 Å². The van der Waals surface area contributed by atoms with Gasteiger partial charge in [0.25, 0.3) is 0 Å². The quantitative estimate of drug-likeness (QED) is 0.772. The molecule has 0 saturated carbocycles. The molecule has 1 aromatic carbocycles. The summed E-state index contributed by atoms with van der Waals surface area (Å²) in [5.41, 5.74) is 10.1. The fraction of sp³-hybridized carbons (Fsp3) is 0.188. The molecule has 5 nitrogen and oxygen atoms in total. The molecule has 0 unspecified atom stereocenters. The van der Waals surface area contributed by atoms with Gasteiger partial charge < -0.3 is 5.73 Å². The van der Waals surface area contributed by atoms with E-state index in [0.717, 1.165) is 24.2 Å². The van der Waals surface area contributed by atoms with E-state index in [1.54, 1.807) is 6.20 Å². The minimum atomic E-state index is 0.591. The van der Waals surface area contributed by atoms with Gasteiger partial charge in [-0.15, -0.1) is 5.10 Å². The number of pyridine rings is 1. The topological polar surface area (TPSA) is 69.6 Å². The number of nitrogens with zero attached hydrogens (tertiary/aromatic N) is 4. The van der Waals surface area contributed by atoms with E-state index in [-0.39, 0.29) is 0 Å². The van der Waals surface area contributed by atoms with Gasteiger partial charge in [0.1, 0.15) is 0 Å². The zero-order valence-corrected chi connectivity index (χ0v) is 11.7. The first-order valence-corrected chi connectivity index (χ1v) is 6.94. The largest absolute Gasteiger partial charge is 0.330 e. The summed E-state index contributed by atoms with van der Waals surface area (Å²) in [4.78, 5) is 4.03. The second-order valence-electron chi connectivity index (χ2n) is 4.87. The standard InChI is InChI=1S/C16H17N5/c17-8-5-16-12-19-20-21(16)15-3-1-13(2-4-15)11-14-6-9-18-10-7-14/h1-4,6-7,9-10,12H,5,8,11,17H2. The van der Waals surface area contributed by atoms with Crippen LogP contribution in [0, 0.1) is 0 Å². The lowest BCUT2D eigenvalue weighted by molar-refractivity contribution is 0.755. The Hall–Kier alpha value is -2.53. The third-order valence-electron chi connectivity index (χ3n) is 3.36. The van der Waals surface area contributed by atoms with E-state index >= 15 is 0 Å². The van der Waals surface area contributed by atoms with Gasteiger partial charge in [-0.2, -0.15) is 0 Å². The zero-order valence-electron chi connectivity index (χ0n) is 11.7. The first-order valence-electron chi connectivity index (χ1n) is 6.94. The molecule has 3 rings (SSSR count). The van der Waals surface area contributed by atoms with E-state index in [2.05, 4.69) is 39.6 Å². The molecule has 2 heterocycles. The van der Waals surface area contributed by atoms with Gasteiger partial charge in [-0.1, -0.05) is 17.3 Å². The van der Waals surface area contributed by atoms with Gasteiger partial charge >= 0.3 is 0 Å². The number of aromatic nitrogens is 4. The van der Waals surface area contributed by atoms with Crippen molar-refractivity contribution in [2.45, 2.75) is 12.8 Å². The molecule has 0 fully saturated rings. The lowest BCUT2D eigenvalue weighted by Crippen LogP contribution is -2.08. The highest BCUT2D eigenvalue weighted by molar-refractivity contribution is 5.36. The van der Waals surface area contributed by atoms with E-state index in [0.29, 0.717) is 6.54 Å². The second-order valence-corrected chi connectivity index (χ2v) is 4.87. The lowest BCUT2D eigenvalue weighted by Gasteiger charge is -2.07. The smallest absolute Gasteiger partial charge is 0.0730 e. The van der Waals surface area contributed by atoms with Crippen molar-refractivity contribution >= 4 is 0 Å². The van der Waals surface area contributed by atoms with Crippen LogP contribution >= 0.6 is 0 Å². The zero-order chi connectivity index (χ0) is 14.5. The fourth-order valence-electron chi connectivity index (χ4n) is 2.28. The predicted octanol–water partition coefficient (Wildman–Crippen LogP) is 1.75. The van der Waals surface area contributed by atoms with E-state index in [9.17, 15) is 0 Å². The lowest BCUT2D eigenvalue weighted by atomic mass is 10.1. The molecule has 2 aromatic heterocycles. The molecule has 0 bridgehead atoms. The normalized spacial score (nSPS) is 10.7. The molecule has 0 atom stereocenters. The van der Waals surface area contributed by atoms with Crippen molar-refractivity contribution in [1.29, 1.82) is 0 Å².